The molecule has 1 aromatic carbocycles. The SMILES string of the molecule is CCOC1CO[C@@H](C(=O)N2CCc3ccccc3[C@@H]2C(C)C)C[C@@H]1NC.[HH]. The van der Waals surface area contributed by atoms with Crippen LogP contribution in [0.4, 0.5) is 0 Å². The smallest absolute Gasteiger partial charge is 0.252 e. The Morgan fingerprint density at radius 2 is 2.19 bits per heavy atom. The lowest BCUT2D eigenvalue weighted by Crippen LogP contribution is -2.55. The number of hydrogen-bond donors (Lipinski definition) is 1. The van der Waals surface area contributed by atoms with Crippen LogP contribution < -0.4 is 5.32 Å². The molecule has 26 heavy (non-hydrogen) atoms. The first kappa shape index (κ1) is 19.3. The number of carbonyl (C=O) groups is 1. The predicted molar refractivity (Wildman–Crippen MR) is 104 cm³/mol. The molecule has 5 heteroatoms. The van der Waals surface area contributed by atoms with Gasteiger partial charge in [0.05, 0.1) is 18.8 Å². The lowest BCUT2D eigenvalue weighted by molar-refractivity contribution is -0.160. The minimum Gasteiger partial charge on any atom is -0.374 e. The van der Waals surface area contributed by atoms with E-state index in [0.29, 0.717) is 25.6 Å². The zero-order valence-electron chi connectivity index (χ0n) is 16.4. The number of nitrogens with zero attached hydrogens (tertiary/aromatic N) is 1. The van der Waals surface area contributed by atoms with Crippen LogP contribution in [0.15, 0.2) is 24.3 Å². The number of amides is 1. The molecule has 4 atom stereocenters. The van der Waals surface area contributed by atoms with Crippen LogP contribution in [0.3, 0.4) is 0 Å². The molecule has 2 aliphatic rings. The van der Waals surface area contributed by atoms with Gasteiger partial charge in [0.25, 0.3) is 5.91 Å². The van der Waals surface area contributed by atoms with Crippen molar-refractivity contribution in [3.05, 3.63) is 35.4 Å². The number of ether oxygens (including phenoxy) is 2. The number of carbonyl (C=O) groups excluding carboxylic acids is 1. The molecule has 2 aliphatic heterocycles. The molecule has 2 heterocycles. The van der Waals surface area contributed by atoms with Gasteiger partial charge in [-0.2, -0.15) is 0 Å². The molecule has 0 bridgehead atoms. The van der Waals surface area contributed by atoms with Crippen molar-refractivity contribution < 1.29 is 15.7 Å². The zero-order valence-corrected chi connectivity index (χ0v) is 16.4. The predicted octanol–water partition coefficient (Wildman–Crippen LogP) is 2.80. The highest BCUT2D eigenvalue weighted by Gasteiger charge is 2.40. The average Bonchev–Trinajstić information content (AvgIpc) is 2.66. The lowest BCUT2D eigenvalue weighted by Gasteiger charge is -2.43. The van der Waals surface area contributed by atoms with Crippen molar-refractivity contribution in [2.45, 2.75) is 57.9 Å². The molecule has 146 valence electrons. The number of rotatable bonds is 5. The van der Waals surface area contributed by atoms with E-state index in [2.05, 4.69) is 43.4 Å². The second-order valence-corrected chi connectivity index (χ2v) is 7.62. The number of hydrogen-bond acceptors (Lipinski definition) is 4. The van der Waals surface area contributed by atoms with Gasteiger partial charge in [0.15, 0.2) is 0 Å². The molecular weight excluding hydrogens is 328 g/mol. The highest BCUT2D eigenvalue weighted by Crippen LogP contribution is 2.36. The Balaban J connectivity index is 0.00000261. The van der Waals surface area contributed by atoms with Gasteiger partial charge in [-0.05, 0) is 37.4 Å². The van der Waals surface area contributed by atoms with Gasteiger partial charge in [-0.25, -0.2) is 0 Å². The van der Waals surface area contributed by atoms with Crippen molar-refractivity contribution in [2.75, 3.05) is 26.8 Å². The van der Waals surface area contributed by atoms with Crippen LogP contribution in [-0.2, 0) is 20.7 Å². The molecular formula is C21H34N2O3. The van der Waals surface area contributed by atoms with E-state index in [4.69, 9.17) is 9.47 Å². The first-order valence-corrected chi connectivity index (χ1v) is 9.85. The third-order valence-electron chi connectivity index (χ3n) is 5.65. The van der Waals surface area contributed by atoms with Crippen LogP contribution in [0, 0.1) is 5.92 Å². The fourth-order valence-electron chi connectivity index (χ4n) is 4.38. The fraction of sp³-hybridized carbons (Fsp3) is 0.667. The Morgan fingerprint density at radius 3 is 2.88 bits per heavy atom. The normalized spacial score (nSPS) is 28.9. The Bertz CT molecular complexity index is 625. The molecule has 0 saturated carbocycles. The van der Waals surface area contributed by atoms with E-state index in [1.54, 1.807) is 0 Å². The Kier molecular flexibility index (Phi) is 6.33. The summed E-state index contributed by atoms with van der Waals surface area (Å²) < 4.78 is 11.7. The van der Waals surface area contributed by atoms with Crippen molar-refractivity contribution in [1.82, 2.24) is 10.2 Å². The van der Waals surface area contributed by atoms with Crippen LogP contribution in [0.2, 0.25) is 0 Å². The van der Waals surface area contributed by atoms with Crippen molar-refractivity contribution in [1.29, 1.82) is 0 Å². The zero-order chi connectivity index (χ0) is 18.7. The quantitative estimate of drug-likeness (QED) is 0.875. The van der Waals surface area contributed by atoms with Gasteiger partial charge in [0, 0.05) is 27.0 Å². The van der Waals surface area contributed by atoms with E-state index in [1.807, 2.05) is 18.9 Å². The summed E-state index contributed by atoms with van der Waals surface area (Å²) in [6, 6.07) is 8.78. The average molecular weight is 363 g/mol. The van der Waals surface area contributed by atoms with Crippen LogP contribution in [0.5, 0.6) is 0 Å². The van der Waals surface area contributed by atoms with Crippen molar-refractivity contribution in [2.24, 2.45) is 5.92 Å². The number of benzene rings is 1. The second-order valence-electron chi connectivity index (χ2n) is 7.62. The monoisotopic (exact) mass is 362 g/mol. The summed E-state index contributed by atoms with van der Waals surface area (Å²) in [6.07, 6.45) is 1.19. The topological polar surface area (TPSA) is 50.8 Å². The minimum absolute atomic E-state index is 0. The molecule has 5 nitrogen and oxygen atoms in total. The Hall–Kier alpha value is -1.43. The van der Waals surface area contributed by atoms with E-state index in [1.165, 1.54) is 11.1 Å². The summed E-state index contributed by atoms with van der Waals surface area (Å²) >= 11 is 0. The molecule has 1 amide bonds. The molecule has 1 unspecified atom stereocenters. The summed E-state index contributed by atoms with van der Waals surface area (Å²) in [5.74, 6) is 0.480. The minimum atomic E-state index is -0.393. The van der Waals surface area contributed by atoms with Gasteiger partial charge in [-0.1, -0.05) is 38.1 Å². The van der Waals surface area contributed by atoms with Gasteiger partial charge in [-0.3, -0.25) is 4.79 Å². The summed E-state index contributed by atoms with van der Waals surface area (Å²) in [4.78, 5) is 15.4. The molecule has 0 aromatic heterocycles. The third kappa shape index (κ3) is 3.80. The van der Waals surface area contributed by atoms with E-state index in [0.717, 1.165) is 13.0 Å². The molecule has 0 aliphatic carbocycles. The summed E-state index contributed by atoms with van der Waals surface area (Å²) in [6.45, 7) is 8.25. The van der Waals surface area contributed by atoms with Crippen LogP contribution >= 0.6 is 0 Å². The van der Waals surface area contributed by atoms with Crippen LogP contribution in [-0.4, -0.2) is 55.9 Å². The maximum Gasteiger partial charge on any atom is 0.252 e. The number of likely N-dealkylation sites (N-methyl/N-ethyl adjacent to an activating group) is 1. The summed E-state index contributed by atoms with van der Waals surface area (Å²) in [5.41, 5.74) is 2.65. The van der Waals surface area contributed by atoms with Gasteiger partial charge >= 0.3 is 0 Å². The maximum atomic E-state index is 13.3. The van der Waals surface area contributed by atoms with E-state index in [-0.39, 0.29) is 25.5 Å². The maximum absolute atomic E-state index is 13.3. The van der Waals surface area contributed by atoms with E-state index in [9.17, 15) is 4.79 Å². The van der Waals surface area contributed by atoms with Gasteiger partial charge in [-0.15, -0.1) is 0 Å². The second kappa shape index (κ2) is 8.51. The van der Waals surface area contributed by atoms with Gasteiger partial charge in [0.1, 0.15) is 6.10 Å². The molecule has 1 saturated heterocycles. The highest BCUT2D eigenvalue weighted by molar-refractivity contribution is 5.82. The summed E-state index contributed by atoms with van der Waals surface area (Å²) in [5, 5.41) is 3.30. The fourth-order valence-corrected chi connectivity index (χ4v) is 4.38. The molecule has 0 spiro atoms. The van der Waals surface area contributed by atoms with Crippen molar-refractivity contribution in [3.63, 3.8) is 0 Å². The van der Waals surface area contributed by atoms with Crippen LogP contribution in [0.1, 0.15) is 45.8 Å². The first-order chi connectivity index (χ1) is 12.6. The van der Waals surface area contributed by atoms with Gasteiger partial charge < -0.3 is 19.7 Å². The Labute approximate surface area is 158 Å². The molecule has 1 fully saturated rings. The van der Waals surface area contributed by atoms with Gasteiger partial charge in [0.2, 0.25) is 0 Å². The molecule has 1 N–H and O–H groups in total. The number of fused-ring (bicyclic) bond motifs is 1. The standard InChI is InChI=1S/C21H32N2O3.H2/c1-5-25-19-13-26-18(12-17(19)22-4)21(24)23-11-10-15-8-6-7-9-16(15)20(23)14(2)3;/h6-9,14,17-20,22H,5,10-13H2,1-4H3;1H/t17-,18+,19?,20-;/m0./s1. The van der Waals surface area contributed by atoms with Crippen molar-refractivity contribution >= 4 is 5.91 Å². The Morgan fingerprint density at radius 1 is 1.42 bits per heavy atom. The largest absolute Gasteiger partial charge is 0.374 e. The first-order valence-electron chi connectivity index (χ1n) is 9.85. The van der Waals surface area contributed by atoms with Crippen molar-refractivity contribution in [3.8, 4) is 0 Å². The van der Waals surface area contributed by atoms with E-state index >= 15 is 0 Å². The summed E-state index contributed by atoms with van der Waals surface area (Å²) in [7, 11) is 1.93. The highest BCUT2D eigenvalue weighted by atomic mass is 16.5. The van der Waals surface area contributed by atoms with Crippen LogP contribution in [0.25, 0.3) is 0 Å². The third-order valence-corrected chi connectivity index (χ3v) is 5.65. The molecule has 0 radical (unpaired) electrons. The molecule has 1 aromatic rings. The lowest BCUT2D eigenvalue weighted by atomic mass is 9.85. The molecule has 3 rings (SSSR count). The number of nitrogens with one attached hydrogen (secondary N) is 1. The van der Waals surface area contributed by atoms with E-state index < -0.39 is 6.10 Å².